The maximum Gasteiger partial charge on any atom is 0.303 e. The zero-order chi connectivity index (χ0) is 20.0. The van der Waals surface area contributed by atoms with Crippen molar-refractivity contribution in [1.82, 2.24) is 10.6 Å². The van der Waals surface area contributed by atoms with E-state index in [1.54, 1.807) is 0 Å². The molecule has 1 heterocycles. The van der Waals surface area contributed by atoms with Crippen LogP contribution in [0.5, 0.6) is 0 Å². The van der Waals surface area contributed by atoms with Crippen molar-refractivity contribution >= 4 is 24.3 Å². The number of rotatable bonds is 6. The molecule has 0 unspecified atom stereocenters. The summed E-state index contributed by atoms with van der Waals surface area (Å²) in [6.07, 6.45) is 6.28. The van der Waals surface area contributed by atoms with Crippen molar-refractivity contribution in [2.45, 2.75) is 62.8 Å². The Hall–Kier alpha value is -2.10. The van der Waals surface area contributed by atoms with Crippen LogP contribution < -0.4 is 10.6 Å². The van der Waals surface area contributed by atoms with Gasteiger partial charge in [-0.2, -0.15) is 5.26 Å². The van der Waals surface area contributed by atoms with E-state index in [1.165, 1.54) is 0 Å². The minimum Gasteiger partial charge on any atom is -0.481 e. The molecular formula is C22H30ClN3O3. The van der Waals surface area contributed by atoms with Gasteiger partial charge in [0.25, 0.3) is 5.91 Å². The molecule has 3 rings (SSSR count). The Morgan fingerprint density at radius 3 is 2.31 bits per heavy atom. The van der Waals surface area contributed by atoms with Crippen LogP contribution in [0.15, 0.2) is 24.3 Å². The largest absolute Gasteiger partial charge is 0.481 e. The quantitative estimate of drug-likeness (QED) is 0.655. The first-order valence-electron chi connectivity index (χ1n) is 10.3. The Kier molecular flexibility index (Phi) is 8.48. The lowest BCUT2D eigenvalue weighted by Gasteiger charge is -2.31. The maximum absolute atomic E-state index is 12.6. The SMILES string of the molecule is Cl.N#CC1(c2ccc(C(=O)N[C@H]3CC[C@H](CCC(=O)O)CC3)cc2)CCNCC1. The predicted octanol–water partition coefficient (Wildman–Crippen LogP) is 3.41. The van der Waals surface area contributed by atoms with Crippen molar-refractivity contribution in [3.63, 3.8) is 0 Å². The number of piperidine rings is 1. The molecule has 2 fully saturated rings. The highest BCUT2D eigenvalue weighted by Gasteiger charge is 2.34. The van der Waals surface area contributed by atoms with E-state index in [9.17, 15) is 14.9 Å². The van der Waals surface area contributed by atoms with E-state index in [1.807, 2.05) is 24.3 Å². The first-order valence-corrected chi connectivity index (χ1v) is 10.3. The molecule has 0 aromatic heterocycles. The number of benzene rings is 1. The minimum absolute atomic E-state index is 0. The molecule has 1 aliphatic heterocycles. The lowest BCUT2D eigenvalue weighted by atomic mass is 9.74. The second-order valence-corrected chi connectivity index (χ2v) is 8.14. The monoisotopic (exact) mass is 419 g/mol. The fourth-order valence-electron chi connectivity index (χ4n) is 4.45. The normalized spacial score (nSPS) is 23.3. The molecule has 1 aliphatic carbocycles. The van der Waals surface area contributed by atoms with Crippen LogP contribution in [0.4, 0.5) is 0 Å². The molecule has 0 atom stereocenters. The van der Waals surface area contributed by atoms with E-state index in [0.29, 0.717) is 11.5 Å². The number of carbonyl (C=O) groups excluding carboxylic acids is 1. The van der Waals surface area contributed by atoms with Crippen molar-refractivity contribution < 1.29 is 14.7 Å². The van der Waals surface area contributed by atoms with Crippen molar-refractivity contribution in [2.24, 2.45) is 5.92 Å². The highest BCUT2D eigenvalue weighted by atomic mass is 35.5. The highest BCUT2D eigenvalue weighted by molar-refractivity contribution is 5.94. The van der Waals surface area contributed by atoms with E-state index in [2.05, 4.69) is 16.7 Å². The molecule has 1 saturated heterocycles. The summed E-state index contributed by atoms with van der Waals surface area (Å²) < 4.78 is 0. The number of nitrogens with one attached hydrogen (secondary N) is 2. The molecule has 0 spiro atoms. The number of aliphatic carboxylic acids is 1. The van der Waals surface area contributed by atoms with Gasteiger partial charge in [-0.15, -0.1) is 12.4 Å². The number of amides is 1. The van der Waals surface area contributed by atoms with Crippen LogP contribution in [0.25, 0.3) is 0 Å². The van der Waals surface area contributed by atoms with Gasteiger partial charge in [0.05, 0.1) is 11.5 Å². The molecule has 29 heavy (non-hydrogen) atoms. The van der Waals surface area contributed by atoms with Gasteiger partial charge in [0.15, 0.2) is 0 Å². The molecular weight excluding hydrogens is 390 g/mol. The third-order valence-electron chi connectivity index (χ3n) is 6.32. The standard InChI is InChI=1S/C22H29N3O3.ClH/c23-15-22(11-13-24-14-12-22)18-6-4-17(5-7-18)21(28)25-19-8-1-16(2-9-19)3-10-20(26)27;/h4-7,16,19,24H,1-3,8-14H2,(H,25,28)(H,26,27);1H/t16-,19-;. The van der Waals surface area contributed by atoms with E-state index in [4.69, 9.17) is 5.11 Å². The Labute approximate surface area is 178 Å². The van der Waals surface area contributed by atoms with E-state index < -0.39 is 11.4 Å². The number of nitrogens with zero attached hydrogens (tertiary/aromatic N) is 1. The summed E-state index contributed by atoms with van der Waals surface area (Å²) in [5.74, 6) is -0.353. The number of nitriles is 1. The summed E-state index contributed by atoms with van der Waals surface area (Å²) in [4.78, 5) is 23.3. The fourth-order valence-corrected chi connectivity index (χ4v) is 4.45. The van der Waals surface area contributed by atoms with Crippen LogP contribution in [0.3, 0.4) is 0 Å². The van der Waals surface area contributed by atoms with Gasteiger partial charge in [0.2, 0.25) is 0 Å². The lowest BCUT2D eigenvalue weighted by molar-refractivity contribution is -0.137. The average Bonchev–Trinajstić information content (AvgIpc) is 2.74. The van der Waals surface area contributed by atoms with Crippen molar-refractivity contribution in [3.05, 3.63) is 35.4 Å². The van der Waals surface area contributed by atoms with E-state index in [0.717, 1.165) is 63.6 Å². The van der Waals surface area contributed by atoms with Gasteiger partial charge < -0.3 is 15.7 Å². The molecule has 0 bridgehead atoms. The summed E-state index contributed by atoms with van der Waals surface area (Å²) in [6.45, 7) is 1.68. The molecule has 1 saturated carbocycles. The second kappa shape index (κ2) is 10.6. The fraction of sp³-hybridized carbons (Fsp3) is 0.591. The molecule has 158 valence electrons. The van der Waals surface area contributed by atoms with Crippen molar-refractivity contribution in [3.8, 4) is 6.07 Å². The minimum atomic E-state index is -0.735. The first kappa shape index (κ1) is 23.2. The Balaban J connectivity index is 0.00000300. The van der Waals surface area contributed by atoms with Crippen molar-refractivity contribution in [2.75, 3.05) is 13.1 Å². The third kappa shape index (κ3) is 5.94. The molecule has 6 nitrogen and oxygen atoms in total. The zero-order valence-corrected chi connectivity index (χ0v) is 17.5. The Bertz CT molecular complexity index is 731. The number of carboxylic acids is 1. The van der Waals surface area contributed by atoms with Gasteiger partial charge in [-0.1, -0.05) is 12.1 Å². The topological polar surface area (TPSA) is 102 Å². The smallest absolute Gasteiger partial charge is 0.303 e. The van der Waals surface area contributed by atoms with E-state index >= 15 is 0 Å². The molecule has 1 amide bonds. The first-order chi connectivity index (χ1) is 13.5. The van der Waals surface area contributed by atoms with Gasteiger partial charge in [-0.3, -0.25) is 9.59 Å². The average molecular weight is 420 g/mol. The summed E-state index contributed by atoms with van der Waals surface area (Å²) in [5.41, 5.74) is 1.17. The summed E-state index contributed by atoms with van der Waals surface area (Å²) in [7, 11) is 0. The summed E-state index contributed by atoms with van der Waals surface area (Å²) in [5, 5.41) is 24.9. The van der Waals surface area contributed by atoms with Gasteiger partial charge in [-0.25, -0.2) is 0 Å². The zero-order valence-electron chi connectivity index (χ0n) is 16.7. The summed E-state index contributed by atoms with van der Waals surface area (Å²) >= 11 is 0. The van der Waals surface area contributed by atoms with Crippen LogP contribution in [0.1, 0.15) is 67.3 Å². The van der Waals surface area contributed by atoms with Crippen LogP contribution in [-0.4, -0.2) is 36.1 Å². The van der Waals surface area contributed by atoms with Crippen LogP contribution in [-0.2, 0) is 10.2 Å². The second-order valence-electron chi connectivity index (χ2n) is 8.14. The Morgan fingerprint density at radius 1 is 1.14 bits per heavy atom. The van der Waals surface area contributed by atoms with Crippen LogP contribution in [0, 0.1) is 17.2 Å². The maximum atomic E-state index is 12.6. The number of hydrogen-bond acceptors (Lipinski definition) is 4. The van der Waals surface area contributed by atoms with Gasteiger partial charge in [0, 0.05) is 18.0 Å². The molecule has 2 aliphatic rings. The highest BCUT2D eigenvalue weighted by Crippen LogP contribution is 2.33. The molecule has 3 N–H and O–H groups in total. The number of hydrogen-bond donors (Lipinski definition) is 3. The van der Waals surface area contributed by atoms with Gasteiger partial charge >= 0.3 is 5.97 Å². The van der Waals surface area contributed by atoms with Gasteiger partial charge in [0.1, 0.15) is 0 Å². The van der Waals surface area contributed by atoms with E-state index in [-0.39, 0.29) is 30.8 Å². The molecule has 0 radical (unpaired) electrons. The molecule has 1 aromatic rings. The third-order valence-corrected chi connectivity index (χ3v) is 6.32. The Morgan fingerprint density at radius 2 is 1.76 bits per heavy atom. The summed E-state index contributed by atoms with van der Waals surface area (Å²) in [6, 6.07) is 10.1. The number of halogens is 1. The molecule has 7 heteroatoms. The van der Waals surface area contributed by atoms with Crippen molar-refractivity contribution in [1.29, 1.82) is 5.26 Å². The number of carbonyl (C=O) groups is 2. The number of carboxylic acid groups (broad SMARTS) is 1. The predicted molar refractivity (Wildman–Crippen MR) is 113 cm³/mol. The van der Waals surface area contributed by atoms with Crippen LogP contribution >= 0.6 is 12.4 Å². The lowest BCUT2D eigenvalue weighted by Crippen LogP contribution is -2.39. The molecule has 1 aromatic carbocycles. The van der Waals surface area contributed by atoms with Gasteiger partial charge in [-0.05, 0) is 81.6 Å². The van der Waals surface area contributed by atoms with Crippen LogP contribution in [0.2, 0.25) is 0 Å².